The third-order valence-corrected chi connectivity index (χ3v) is 8.65. The van der Waals surface area contributed by atoms with Gasteiger partial charge in [0.2, 0.25) is 0 Å². The molecule has 0 radical (unpaired) electrons. The lowest BCUT2D eigenvalue weighted by Gasteiger charge is -2.35. The zero-order chi connectivity index (χ0) is 30.0. The number of nitrogens with zero attached hydrogens (tertiary/aromatic N) is 2. The quantitative estimate of drug-likeness (QED) is 0.161. The number of nitrogen functional groups attached to an aromatic ring is 1. The molecular weight excluding hydrogens is 567 g/mol. The van der Waals surface area contributed by atoms with Crippen molar-refractivity contribution in [2.24, 2.45) is 0 Å². The molecule has 7 nitrogen and oxygen atoms in total. The summed E-state index contributed by atoms with van der Waals surface area (Å²) in [7, 11) is 0. The first-order valence-corrected chi connectivity index (χ1v) is 14.3. The van der Waals surface area contributed by atoms with Crippen LogP contribution in [0.3, 0.4) is 0 Å². The van der Waals surface area contributed by atoms with Gasteiger partial charge < -0.3 is 15.9 Å². The Balaban J connectivity index is 1.75. The van der Waals surface area contributed by atoms with Crippen molar-refractivity contribution < 1.29 is 28.2 Å². The number of rotatable bonds is 9. The summed E-state index contributed by atoms with van der Waals surface area (Å²) in [5, 5.41) is 21.4. The zero-order valence-electron chi connectivity index (χ0n) is 22.6. The van der Waals surface area contributed by atoms with E-state index in [-0.39, 0.29) is 35.8 Å². The van der Waals surface area contributed by atoms with Crippen LogP contribution in [0.25, 0.3) is 21.9 Å². The van der Waals surface area contributed by atoms with E-state index in [1.54, 1.807) is 0 Å². The lowest BCUT2D eigenvalue weighted by molar-refractivity contribution is -0.141. The molecule has 1 aliphatic heterocycles. The molecule has 0 spiro atoms. The number of hydrogen-bond donors (Lipinski definition) is 3. The topological polar surface area (TPSA) is 109 Å². The highest BCUT2D eigenvalue weighted by Crippen LogP contribution is 2.44. The standard InChI is InChI=1S/C31H30F3N3O4S/c32-31(33,34)22-12-7-11-21(16-22)26-24(17-20-10-6-9-19-8-2-3-13-23(19)20)27(35)28(39)37-25(30(40)41)18-36(42-29(26)37)14-4-1-5-15-38/h2-3,6-13,16,25,38H,1,4-5,14-15,17-18,35H2,(H,40,41). The molecule has 1 aromatic heterocycles. The van der Waals surface area contributed by atoms with Crippen LogP contribution in [0, 0.1) is 0 Å². The van der Waals surface area contributed by atoms with Crippen molar-refractivity contribution >= 4 is 34.4 Å². The van der Waals surface area contributed by atoms with E-state index in [0.29, 0.717) is 36.9 Å². The highest BCUT2D eigenvalue weighted by molar-refractivity contribution is 7.97. The number of carboxylic acid groups (broad SMARTS) is 1. The second-order valence-electron chi connectivity index (χ2n) is 10.3. The second-order valence-corrected chi connectivity index (χ2v) is 11.3. The summed E-state index contributed by atoms with van der Waals surface area (Å²) >= 11 is 1.16. The summed E-state index contributed by atoms with van der Waals surface area (Å²) in [4.78, 5) is 26.2. The number of aliphatic hydroxyl groups excluding tert-OH is 1. The van der Waals surface area contributed by atoms with Gasteiger partial charge in [0.05, 0.1) is 5.56 Å². The molecule has 4 N–H and O–H groups in total. The van der Waals surface area contributed by atoms with E-state index in [2.05, 4.69) is 0 Å². The summed E-state index contributed by atoms with van der Waals surface area (Å²) in [6.07, 6.45) is -2.49. The Morgan fingerprint density at radius 3 is 2.50 bits per heavy atom. The van der Waals surface area contributed by atoms with Crippen molar-refractivity contribution in [3.05, 3.63) is 93.8 Å². The molecule has 0 saturated heterocycles. The second kappa shape index (κ2) is 12.2. The molecule has 4 aromatic rings. The Kier molecular flexibility index (Phi) is 8.63. The van der Waals surface area contributed by atoms with Gasteiger partial charge in [-0.3, -0.25) is 9.36 Å². The summed E-state index contributed by atoms with van der Waals surface area (Å²) in [6, 6.07) is 16.9. The summed E-state index contributed by atoms with van der Waals surface area (Å²) in [5.41, 5.74) is 6.41. The number of pyridine rings is 1. The Bertz CT molecular complexity index is 1680. The molecule has 0 saturated carbocycles. The van der Waals surface area contributed by atoms with E-state index in [1.165, 1.54) is 12.1 Å². The van der Waals surface area contributed by atoms with Gasteiger partial charge >= 0.3 is 12.1 Å². The molecule has 5 rings (SSSR count). The van der Waals surface area contributed by atoms with Crippen LogP contribution in [0.4, 0.5) is 18.9 Å². The lowest BCUT2D eigenvalue weighted by Crippen LogP contribution is -2.43. The fourth-order valence-electron chi connectivity index (χ4n) is 5.41. The molecular formula is C31H30F3N3O4S. The van der Waals surface area contributed by atoms with Crippen LogP contribution < -0.4 is 11.3 Å². The molecule has 1 unspecified atom stereocenters. The Hall–Kier alpha value is -3.80. The minimum Gasteiger partial charge on any atom is -0.480 e. The number of carboxylic acids is 1. The van der Waals surface area contributed by atoms with Crippen molar-refractivity contribution in [3.8, 4) is 11.1 Å². The number of hydrogen-bond acceptors (Lipinski definition) is 6. The third-order valence-electron chi connectivity index (χ3n) is 7.49. The maximum absolute atomic E-state index is 13.8. The number of fused-ring (bicyclic) bond motifs is 2. The SMILES string of the molecule is Nc1c(Cc2cccc3ccccc23)c(-c2cccc(C(F)(F)F)c2)c2n(c1=O)C(C(=O)O)CN(CCCCCO)S2. The molecule has 1 aliphatic rings. The molecule has 0 amide bonds. The third kappa shape index (κ3) is 5.90. The smallest absolute Gasteiger partial charge is 0.416 e. The van der Waals surface area contributed by atoms with Gasteiger partial charge in [0, 0.05) is 31.7 Å². The number of aromatic nitrogens is 1. The largest absolute Gasteiger partial charge is 0.480 e. The number of benzene rings is 3. The lowest BCUT2D eigenvalue weighted by atomic mass is 9.92. The monoisotopic (exact) mass is 597 g/mol. The number of nitrogens with two attached hydrogens (primary N) is 1. The molecule has 0 aliphatic carbocycles. The van der Waals surface area contributed by atoms with Gasteiger partial charge in [-0.15, -0.1) is 0 Å². The maximum Gasteiger partial charge on any atom is 0.416 e. The first-order chi connectivity index (χ1) is 20.1. The first-order valence-electron chi connectivity index (χ1n) is 13.6. The van der Waals surface area contributed by atoms with Crippen LogP contribution in [0.2, 0.25) is 0 Å². The number of aliphatic hydroxyl groups is 1. The maximum atomic E-state index is 13.8. The Labute approximate surface area is 244 Å². The molecule has 11 heteroatoms. The molecule has 2 heterocycles. The minimum absolute atomic E-state index is 0.0101. The van der Waals surface area contributed by atoms with Gasteiger partial charge in [0.15, 0.2) is 0 Å². The highest BCUT2D eigenvalue weighted by Gasteiger charge is 2.37. The van der Waals surface area contributed by atoms with Gasteiger partial charge in [-0.2, -0.15) is 13.2 Å². The fourth-order valence-corrected chi connectivity index (χ4v) is 6.72. The molecule has 0 bridgehead atoms. The van der Waals surface area contributed by atoms with Crippen molar-refractivity contribution in [1.29, 1.82) is 0 Å². The summed E-state index contributed by atoms with van der Waals surface area (Å²) in [5.74, 6) is -1.24. The fraction of sp³-hybridized carbons (Fsp3) is 0.290. The van der Waals surface area contributed by atoms with E-state index >= 15 is 0 Å². The van der Waals surface area contributed by atoms with Crippen LogP contribution in [0.15, 0.2) is 76.6 Å². The van der Waals surface area contributed by atoms with Crippen LogP contribution in [-0.2, 0) is 17.4 Å². The van der Waals surface area contributed by atoms with Gasteiger partial charge in [-0.1, -0.05) is 54.6 Å². The van der Waals surface area contributed by atoms with Crippen LogP contribution >= 0.6 is 11.9 Å². The van der Waals surface area contributed by atoms with E-state index in [1.807, 2.05) is 46.8 Å². The average Bonchev–Trinajstić information content (AvgIpc) is 2.97. The number of anilines is 1. The highest BCUT2D eigenvalue weighted by atomic mass is 32.2. The van der Waals surface area contributed by atoms with Crippen LogP contribution in [-0.4, -0.2) is 44.8 Å². The van der Waals surface area contributed by atoms with E-state index in [4.69, 9.17) is 10.8 Å². The number of alkyl halides is 3. The van der Waals surface area contributed by atoms with Crippen molar-refractivity contribution in [1.82, 2.24) is 8.87 Å². The number of carbonyl (C=O) groups is 1. The molecule has 3 aromatic carbocycles. The van der Waals surface area contributed by atoms with Crippen molar-refractivity contribution in [2.75, 3.05) is 25.4 Å². The van der Waals surface area contributed by atoms with Gasteiger partial charge in [-0.25, -0.2) is 9.10 Å². The van der Waals surface area contributed by atoms with Gasteiger partial charge in [0.1, 0.15) is 16.8 Å². The van der Waals surface area contributed by atoms with Crippen LogP contribution in [0.5, 0.6) is 0 Å². The van der Waals surface area contributed by atoms with Crippen molar-refractivity contribution in [2.45, 2.75) is 42.9 Å². The van der Waals surface area contributed by atoms with Gasteiger partial charge in [-0.05, 0) is 70.8 Å². The summed E-state index contributed by atoms with van der Waals surface area (Å²) < 4.78 is 44.4. The Morgan fingerprint density at radius 1 is 1.02 bits per heavy atom. The molecule has 1 atom stereocenters. The molecule has 0 fully saturated rings. The first kappa shape index (κ1) is 29.7. The predicted molar refractivity (Wildman–Crippen MR) is 157 cm³/mol. The van der Waals surface area contributed by atoms with Crippen molar-refractivity contribution in [3.63, 3.8) is 0 Å². The number of halogens is 3. The molecule has 220 valence electrons. The van der Waals surface area contributed by atoms with E-state index < -0.39 is 29.3 Å². The Morgan fingerprint density at radius 2 is 1.76 bits per heavy atom. The van der Waals surface area contributed by atoms with Gasteiger partial charge in [0.25, 0.3) is 5.56 Å². The van der Waals surface area contributed by atoms with E-state index in [9.17, 15) is 27.9 Å². The molecule has 42 heavy (non-hydrogen) atoms. The zero-order valence-corrected chi connectivity index (χ0v) is 23.4. The minimum atomic E-state index is -4.61. The number of unbranched alkanes of at least 4 members (excludes halogenated alkanes) is 2. The average molecular weight is 598 g/mol. The summed E-state index contributed by atoms with van der Waals surface area (Å²) in [6.45, 7) is 0.517. The van der Waals surface area contributed by atoms with E-state index in [0.717, 1.165) is 45.0 Å². The predicted octanol–water partition coefficient (Wildman–Crippen LogP) is 5.97. The normalized spacial score (nSPS) is 15.6. The number of aliphatic carboxylic acids is 1. The van der Waals surface area contributed by atoms with Crippen LogP contribution in [0.1, 0.15) is 42.0 Å².